The number of hydrogen-bond acceptors (Lipinski definition) is 4. The monoisotopic (exact) mass is 426 g/mol. The van der Waals surface area contributed by atoms with Crippen LogP contribution in [0.5, 0.6) is 5.88 Å². The van der Waals surface area contributed by atoms with Gasteiger partial charge in [-0.2, -0.15) is 0 Å². The lowest BCUT2D eigenvalue weighted by Gasteiger charge is -2.05. The molecule has 0 amide bonds. The lowest BCUT2D eigenvalue weighted by Crippen LogP contribution is -2.13. The van der Waals surface area contributed by atoms with Gasteiger partial charge in [-0.3, -0.25) is 14.4 Å². The summed E-state index contributed by atoms with van der Waals surface area (Å²) in [5.74, 6) is -0.00958. The fourth-order valence-corrected chi connectivity index (χ4v) is 4.29. The number of allylic oxidation sites excluding steroid dienone is 1. The Kier molecular flexibility index (Phi) is 4.38. The van der Waals surface area contributed by atoms with E-state index >= 15 is 0 Å². The predicted octanol–water partition coefficient (Wildman–Crippen LogP) is 5.07. The SMILES string of the molecule is CC1=Nc2ccccc2C1=Cc1sc(=O)n(Cc2cccc(Br)c2)c1O. The van der Waals surface area contributed by atoms with Crippen molar-refractivity contribution in [2.24, 2.45) is 4.99 Å². The van der Waals surface area contributed by atoms with Gasteiger partial charge in [-0.05, 0) is 36.8 Å². The van der Waals surface area contributed by atoms with E-state index in [9.17, 15) is 9.90 Å². The molecule has 0 saturated carbocycles. The standard InChI is InChI=1S/C20H15BrN2O2S/c1-12-16(15-7-2-3-8-17(15)22-12)10-18-19(24)23(20(25)26-18)11-13-5-4-6-14(21)9-13/h2-10,24H,11H2,1H3. The highest BCUT2D eigenvalue weighted by molar-refractivity contribution is 9.10. The summed E-state index contributed by atoms with van der Waals surface area (Å²) in [4.78, 5) is 17.3. The molecule has 130 valence electrons. The van der Waals surface area contributed by atoms with E-state index in [1.165, 1.54) is 4.57 Å². The van der Waals surface area contributed by atoms with Crippen LogP contribution in [0.3, 0.4) is 0 Å². The minimum absolute atomic E-state index is 0.00958. The molecule has 3 aromatic rings. The molecule has 1 aromatic heterocycles. The van der Waals surface area contributed by atoms with Gasteiger partial charge in [0.1, 0.15) is 0 Å². The van der Waals surface area contributed by atoms with Crippen LogP contribution >= 0.6 is 27.3 Å². The van der Waals surface area contributed by atoms with E-state index in [4.69, 9.17) is 0 Å². The summed E-state index contributed by atoms with van der Waals surface area (Å²) in [5.41, 5.74) is 4.69. The van der Waals surface area contributed by atoms with Crippen molar-refractivity contribution in [2.75, 3.05) is 0 Å². The van der Waals surface area contributed by atoms with Gasteiger partial charge in [0.05, 0.1) is 17.1 Å². The lowest BCUT2D eigenvalue weighted by atomic mass is 10.0. The first kappa shape index (κ1) is 17.0. The second-order valence-electron chi connectivity index (χ2n) is 6.04. The number of fused-ring (bicyclic) bond motifs is 1. The number of halogens is 1. The topological polar surface area (TPSA) is 54.6 Å². The number of aromatic hydroxyl groups is 1. The summed E-state index contributed by atoms with van der Waals surface area (Å²) in [5, 5.41) is 10.6. The van der Waals surface area contributed by atoms with Crippen LogP contribution in [0.1, 0.15) is 22.9 Å². The quantitative estimate of drug-likeness (QED) is 0.635. The highest BCUT2D eigenvalue weighted by Gasteiger charge is 2.20. The second kappa shape index (κ2) is 6.70. The van der Waals surface area contributed by atoms with Crippen molar-refractivity contribution >= 4 is 50.3 Å². The third-order valence-corrected chi connectivity index (χ3v) is 5.68. The average molecular weight is 427 g/mol. The Balaban J connectivity index is 1.74. The maximum atomic E-state index is 12.4. The van der Waals surface area contributed by atoms with E-state index in [-0.39, 0.29) is 10.8 Å². The van der Waals surface area contributed by atoms with Crippen molar-refractivity contribution < 1.29 is 5.11 Å². The van der Waals surface area contributed by atoms with Crippen molar-refractivity contribution in [3.63, 3.8) is 0 Å². The van der Waals surface area contributed by atoms with E-state index in [1.54, 1.807) is 0 Å². The van der Waals surface area contributed by atoms with Gasteiger partial charge in [-0.15, -0.1) is 0 Å². The average Bonchev–Trinajstić information content (AvgIpc) is 3.07. The summed E-state index contributed by atoms with van der Waals surface area (Å²) in [7, 11) is 0. The third-order valence-electron chi connectivity index (χ3n) is 4.27. The fraction of sp³-hybridized carbons (Fsp3) is 0.100. The Labute approximate surface area is 162 Å². The van der Waals surface area contributed by atoms with Crippen LogP contribution in [-0.2, 0) is 6.54 Å². The zero-order valence-electron chi connectivity index (χ0n) is 13.9. The first-order valence-corrected chi connectivity index (χ1v) is 9.67. The molecule has 1 N–H and O–H groups in total. The minimum atomic E-state index is -0.185. The van der Waals surface area contributed by atoms with Gasteiger partial charge < -0.3 is 5.11 Å². The Morgan fingerprint density at radius 2 is 2.04 bits per heavy atom. The van der Waals surface area contributed by atoms with Crippen molar-refractivity contribution in [3.05, 3.63) is 78.7 Å². The van der Waals surface area contributed by atoms with Crippen LogP contribution in [0.15, 0.2) is 62.8 Å². The summed E-state index contributed by atoms with van der Waals surface area (Å²) in [6.07, 6.45) is 1.85. The van der Waals surface area contributed by atoms with Crippen LogP contribution in [0.25, 0.3) is 11.6 Å². The number of nitrogens with zero attached hydrogens (tertiary/aromatic N) is 2. The molecular formula is C20H15BrN2O2S. The van der Waals surface area contributed by atoms with Crippen molar-refractivity contribution in [1.82, 2.24) is 4.57 Å². The van der Waals surface area contributed by atoms with Gasteiger partial charge in [0.2, 0.25) is 5.88 Å². The normalized spacial score (nSPS) is 14.5. The molecule has 0 atom stereocenters. The van der Waals surface area contributed by atoms with E-state index in [1.807, 2.05) is 61.5 Å². The molecular weight excluding hydrogens is 412 g/mol. The van der Waals surface area contributed by atoms with Crippen LogP contribution in [0.4, 0.5) is 5.69 Å². The molecule has 1 aliphatic rings. The number of aliphatic imine (C=N–C) groups is 1. The Hall–Kier alpha value is -2.44. The summed E-state index contributed by atoms with van der Waals surface area (Å²) in [6, 6.07) is 15.6. The molecule has 4 rings (SSSR count). The zero-order valence-corrected chi connectivity index (χ0v) is 16.3. The maximum Gasteiger partial charge on any atom is 0.310 e. The molecule has 0 saturated heterocycles. The number of benzene rings is 2. The smallest absolute Gasteiger partial charge is 0.310 e. The third kappa shape index (κ3) is 3.06. The largest absolute Gasteiger partial charge is 0.493 e. The molecule has 4 nitrogen and oxygen atoms in total. The van der Waals surface area contributed by atoms with Crippen molar-refractivity contribution in [3.8, 4) is 5.88 Å². The van der Waals surface area contributed by atoms with Gasteiger partial charge in [-0.1, -0.05) is 57.6 Å². The van der Waals surface area contributed by atoms with Gasteiger partial charge in [0, 0.05) is 21.3 Å². The molecule has 0 bridgehead atoms. The van der Waals surface area contributed by atoms with Gasteiger partial charge in [-0.25, -0.2) is 0 Å². The molecule has 0 unspecified atom stereocenters. The van der Waals surface area contributed by atoms with Crippen LogP contribution in [-0.4, -0.2) is 15.4 Å². The summed E-state index contributed by atoms with van der Waals surface area (Å²) in [6.45, 7) is 2.26. The van der Waals surface area contributed by atoms with Gasteiger partial charge >= 0.3 is 4.87 Å². The first-order chi connectivity index (χ1) is 12.5. The maximum absolute atomic E-state index is 12.4. The zero-order chi connectivity index (χ0) is 18.3. The van der Waals surface area contributed by atoms with Crippen molar-refractivity contribution in [1.29, 1.82) is 0 Å². The second-order valence-corrected chi connectivity index (χ2v) is 7.95. The van der Waals surface area contributed by atoms with Gasteiger partial charge in [0.25, 0.3) is 0 Å². The predicted molar refractivity (Wildman–Crippen MR) is 111 cm³/mol. The highest BCUT2D eigenvalue weighted by Crippen LogP contribution is 2.37. The molecule has 0 spiro atoms. The number of rotatable bonds is 3. The van der Waals surface area contributed by atoms with Crippen LogP contribution in [0.2, 0.25) is 0 Å². The molecule has 0 fully saturated rings. The minimum Gasteiger partial charge on any atom is -0.493 e. The number of thiazole rings is 1. The molecule has 2 aromatic carbocycles. The lowest BCUT2D eigenvalue weighted by molar-refractivity contribution is 0.420. The number of aromatic nitrogens is 1. The first-order valence-electron chi connectivity index (χ1n) is 8.07. The summed E-state index contributed by atoms with van der Waals surface area (Å²) < 4.78 is 2.33. The molecule has 1 aliphatic heterocycles. The molecule has 2 heterocycles. The fourth-order valence-electron chi connectivity index (χ4n) is 3.01. The van der Waals surface area contributed by atoms with E-state index in [0.29, 0.717) is 11.4 Å². The van der Waals surface area contributed by atoms with Crippen molar-refractivity contribution in [2.45, 2.75) is 13.5 Å². The molecule has 0 aliphatic carbocycles. The summed E-state index contributed by atoms with van der Waals surface area (Å²) >= 11 is 4.47. The highest BCUT2D eigenvalue weighted by atomic mass is 79.9. The number of hydrogen-bond donors (Lipinski definition) is 1. The Morgan fingerprint density at radius 1 is 1.23 bits per heavy atom. The van der Waals surface area contributed by atoms with Crippen LogP contribution in [0, 0.1) is 0 Å². The van der Waals surface area contributed by atoms with E-state index in [2.05, 4.69) is 20.9 Å². The van der Waals surface area contributed by atoms with E-state index < -0.39 is 0 Å². The van der Waals surface area contributed by atoms with Crippen LogP contribution < -0.4 is 4.87 Å². The molecule has 6 heteroatoms. The molecule has 0 radical (unpaired) electrons. The van der Waals surface area contributed by atoms with E-state index in [0.717, 1.165) is 43.9 Å². The Morgan fingerprint density at radius 3 is 2.85 bits per heavy atom. The molecule has 26 heavy (non-hydrogen) atoms. The number of para-hydroxylation sites is 1. The Bertz CT molecular complexity index is 1120. The van der Waals surface area contributed by atoms with Gasteiger partial charge in [0.15, 0.2) is 0 Å².